The Balaban J connectivity index is 2.20. The van der Waals surface area contributed by atoms with Crippen LogP contribution in [0, 0.1) is 0 Å². The number of nitrogen functional groups attached to an aromatic ring is 1. The van der Waals surface area contributed by atoms with Crippen LogP contribution in [0.4, 0.5) is 5.69 Å². The quantitative estimate of drug-likeness (QED) is 0.613. The average molecular weight is 252 g/mol. The number of H-pyrrole nitrogens is 1. The van der Waals surface area contributed by atoms with Crippen LogP contribution in [0.5, 0.6) is 0 Å². The maximum absolute atomic E-state index is 11.0. The molecule has 0 aliphatic heterocycles. The van der Waals surface area contributed by atoms with Gasteiger partial charge in [-0.2, -0.15) is 0 Å². The Labute approximate surface area is 109 Å². The highest BCUT2D eigenvalue weighted by Gasteiger charge is 2.10. The van der Waals surface area contributed by atoms with Crippen LogP contribution in [-0.2, 0) is 0 Å². The van der Waals surface area contributed by atoms with Crippen LogP contribution in [-0.4, -0.2) is 16.1 Å². The van der Waals surface area contributed by atoms with Gasteiger partial charge in [-0.25, -0.2) is 4.79 Å². The van der Waals surface area contributed by atoms with E-state index in [1.54, 1.807) is 12.1 Å². The predicted molar refractivity (Wildman–Crippen MR) is 75.1 cm³/mol. The standard InChI is InChI=1S/C15H12N2O2/c16-12-6-5-10(15(18)19)7-11(12)14-8-9-3-1-2-4-13(9)17-14/h1-8,17H,16H2,(H,18,19). The fraction of sp³-hybridized carbons (Fsp3) is 0. The van der Waals surface area contributed by atoms with Crippen molar-refractivity contribution in [1.82, 2.24) is 4.98 Å². The molecular weight excluding hydrogens is 240 g/mol. The number of rotatable bonds is 2. The van der Waals surface area contributed by atoms with Crippen molar-refractivity contribution in [2.45, 2.75) is 0 Å². The third kappa shape index (κ3) is 1.93. The normalized spacial score (nSPS) is 10.7. The number of aromatic amines is 1. The Morgan fingerprint density at radius 2 is 1.89 bits per heavy atom. The first kappa shape index (κ1) is 11.3. The van der Waals surface area contributed by atoms with E-state index < -0.39 is 5.97 Å². The second-order valence-electron chi connectivity index (χ2n) is 4.38. The number of carboxylic acids is 1. The van der Waals surface area contributed by atoms with E-state index in [1.807, 2.05) is 30.3 Å². The van der Waals surface area contributed by atoms with Crippen LogP contribution in [0.15, 0.2) is 48.5 Å². The number of fused-ring (bicyclic) bond motifs is 1. The van der Waals surface area contributed by atoms with Crippen molar-refractivity contribution in [2.24, 2.45) is 0 Å². The number of carboxylic acid groups (broad SMARTS) is 1. The number of anilines is 1. The van der Waals surface area contributed by atoms with E-state index in [2.05, 4.69) is 4.98 Å². The van der Waals surface area contributed by atoms with Crippen molar-refractivity contribution in [2.75, 3.05) is 5.73 Å². The maximum Gasteiger partial charge on any atom is 0.335 e. The summed E-state index contributed by atoms with van der Waals surface area (Å²) in [7, 11) is 0. The lowest BCUT2D eigenvalue weighted by Gasteiger charge is -2.04. The molecule has 0 saturated heterocycles. The summed E-state index contributed by atoms with van der Waals surface area (Å²) >= 11 is 0. The molecule has 0 atom stereocenters. The van der Waals surface area contributed by atoms with Gasteiger partial charge in [-0.1, -0.05) is 18.2 Å². The third-order valence-electron chi connectivity index (χ3n) is 3.12. The smallest absolute Gasteiger partial charge is 0.335 e. The molecule has 3 aromatic rings. The van der Waals surface area contributed by atoms with E-state index >= 15 is 0 Å². The van der Waals surface area contributed by atoms with Gasteiger partial charge >= 0.3 is 5.97 Å². The number of hydrogen-bond donors (Lipinski definition) is 3. The summed E-state index contributed by atoms with van der Waals surface area (Å²) < 4.78 is 0. The molecule has 4 N–H and O–H groups in total. The number of nitrogens with one attached hydrogen (secondary N) is 1. The summed E-state index contributed by atoms with van der Waals surface area (Å²) in [5, 5.41) is 10.1. The summed E-state index contributed by atoms with van der Waals surface area (Å²) in [6.07, 6.45) is 0. The summed E-state index contributed by atoms with van der Waals surface area (Å²) in [5.74, 6) is -0.961. The second kappa shape index (κ2) is 4.17. The molecule has 2 aromatic carbocycles. The number of aromatic carboxylic acids is 1. The summed E-state index contributed by atoms with van der Waals surface area (Å²) in [6.45, 7) is 0. The topological polar surface area (TPSA) is 79.1 Å². The second-order valence-corrected chi connectivity index (χ2v) is 4.38. The molecule has 0 amide bonds. The molecule has 0 spiro atoms. The lowest BCUT2D eigenvalue weighted by atomic mass is 10.1. The largest absolute Gasteiger partial charge is 0.478 e. The average Bonchev–Trinajstić information content (AvgIpc) is 2.82. The fourth-order valence-corrected chi connectivity index (χ4v) is 2.14. The maximum atomic E-state index is 11.0. The van der Waals surface area contributed by atoms with Gasteiger partial charge in [0, 0.05) is 27.8 Å². The van der Waals surface area contributed by atoms with E-state index in [0.717, 1.165) is 16.6 Å². The predicted octanol–water partition coefficient (Wildman–Crippen LogP) is 3.12. The first-order valence-corrected chi connectivity index (χ1v) is 5.86. The zero-order valence-corrected chi connectivity index (χ0v) is 10.1. The lowest BCUT2D eigenvalue weighted by molar-refractivity contribution is 0.0697. The van der Waals surface area contributed by atoms with Gasteiger partial charge in [0.05, 0.1) is 5.56 Å². The number of para-hydroxylation sites is 1. The molecule has 0 unspecified atom stereocenters. The van der Waals surface area contributed by atoms with Crippen molar-refractivity contribution in [3.8, 4) is 11.3 Å². The summed E-state index contributed by atoms with van der Waals surface area (Å²) in [6, 6.07) is 14.5. The van der Waals surface area contributed by atoms with E-state index in [0.29, 0.717) is 11.3 Å². The molecule has 0 aliphatic carbocycles. The van der Waals surface area contributed by atoms with Crippen LogP contribution in [0.2, 0.25) is 0 Å². The molecule has 0 bridgehead atoms. The number of benzene rings is 2. The van der Waals surface area contributed by atoms with Crippen LogP contribution in [0.3, 0.4) is 0 Å². The molecule has 4 nitrogen and oxygen atoms in total. The molecule has 4 heteroatoms. The van der Waals surface area contributed by atoms with Gasteiger partial charge in [0.25, 0.3) is 0 Å². The molecule has 1 aromatic heterocycles. The van der Waals surface area contributed by atoms with Gasteiger partial charge in [0.1, 0.15) is 0 Å². The van der Waals surface area contributed by atoms with Crippen molar-refractivity contribution in [1.29, 1.82) is 0 Å². The van der Waals surface area contributed by atoms with Gasteiger partial charge in [-0.05, 0) is 30.3 Å². The first-order valence-electron chi connectivity index (χ1n) is 5.86. The first-order chi connectivity index (χ1) is 9.15. The Morgan fingerprint density at radius 1 is 1.11 bits per heavy atom. The highest BCUT2D eigenvalue weighted by Crippen LogP contribution is 2.29. The zero-order chi connectivity index (χ0) is 13.4. The highest BCUT2D eigenvalue weighted by molar-refractivity contribution is 5.93. The van der Waals surface area contributed by atoms with Crippen LogP contribution < -0.4 is 5.73 Å². The molecule has 0 aliphatic rings. The van der Waals surface area contributed by atoms with Crippen molar-refractivity contribution in [3.63, 3.8) is 0 Å². The monoisotopic (exact) mass is 252 g/mol. The molecule has 0 fully saturated rings. The van der Waals surface area contributed by atoms with E-state index in [-0.39, 0.29) is 5.56 Å². The molecule has 3 rings (SSSR count). The number of aromatic nitrogens is 1. The van der Waals surface area contributed by atoms with Crippen molar-refractivity contribution >= 4 is 22.6 Å². The Kier molecular flexibility index (Phi) is 2.49. The van der Waals surface area contributed by atoms with Gasteiger partial charge in [-0.3, -0.25) is 0 Å². The summed E-state index contributed by atoms with van der Waals surface area (Å²) in [4.78, 5) is 14.3. The number of nitrogens with two attached hydrogens (primary N) is 1. The fourth-order valence-electron chi connectivity index (χ4n) is 2.14. The van der Waals surface area contributed by atoms with Crippen molar-refractivity contribution < 1.29 is 9.90 Å². The lowest BCUT2D eigenvalue weighted by Crippen LogP contribution is -1.98. The van der Waals surface area contributed by atoms with Gasteiger partial charge in [0.15, 0.2) is 0 Å². The molecule has 19 heavy (non-hydrogen) atoms. The highest BCUT2D eigenvalue weighted by atomic mass is 16.4. The van der Waals surface area contributed by atoms with Crippen LogP contribution in [0.1, 0.15) is 10.4 Å². The molecule has 94 valence electrons. The van der Waals surface area contributed by atoms with E-state index in [9.17, 15) is 4.79 Å². The minimum absolute atomic E-state index is 0.225. The molecule has 0 radical (unpaired) electrons. The minimum atomic E-state index is -0.961. The molecule has 1 heterocycles. The Morgan fingerprint density at radius 3 is 2.63 bits per heavy atom. The van der Waals surface area contributed by atoms with E-state index in [4.69, 9.17) is 10.8 Å². The van der Waals surface area contributed by atoms with Crippen molar-refractivity contribution in [3.05, 3.63) is 54.1 Å². The summed E-state index contributed by atoms with van der Waals surface area (Å²) in [5.41, 5.74) is 9.23. The number of carbonyl (C=O) groups is 1. The van der Waals surface area contributed by atoms with Gasteiger partial charge in [-0.15, -0.1) is 0 Å². The zero-order valence-electron chi connectivity index (χ0n) is 10.1. The minimum Gasteiger partial charge on any atom is -0.478 e. The van der Waals surface area contributed by atoms with Gasteiger partial charge in [0.2, 0.25) is 0 Å². The number of hydrogen-bond acceptors (Lipinski definition) is 2. The van der Waals surface area contributed by atoms with Crippen LogP contribution in [0.25, 0.3) is 22.2 Å². The third-order valence-corrected chi connectivity index (χ3v) is 3.12. The van der Waals surface area contributed by atoms with E-state index in [1.165, 1.54) is 6.07 Å². The van der Waals surface area contributed by atoms with Crippen LogP contribution >= 0.6 is 0 Å². The Hall–Kier alpha value is -2.75. The Bertz CT molecular complexity index is 742. The van der Waals surface area contributed by atoms with Gasteiger partial charge < -0.3 is 15.8 Å². The molecule has 0 saturated carbocycles. The SMILES string of the molecule is Nc1ccc(C(=O)O)cc1-c1cc2ccccc2[nH]1. The molecular formula is C15H12N2O2.